The molecule has 0 aliphatic carbocycles. The van der Waals surface area contributed by atoms with Gasteiger partial charge in [-0.1, -0.05) is 47.1 Å². The first-order valence-corrected chi connectivity index (χ1v) is 10.0. The Bertz CT molecular complexity index is 1050. The number of hydrogen-bond acceptors (Lipinski definition) is 5. The van der Waals surface area contributed by atoms with Gasteiger partial charge in [-0.05, 0) is 24.6 Å². The van der Waals surface area contributed by atoms with Crippen molar-refractivity contribution in [1.82, 2.24) is 14.4 Å². The van der Waals surface area contributed by atoms with Gasteiger partial charge in [0.05, 0.1) is 12.3 Å². The predicted molar refractivity (Wildman–Crippen MR) is 100.0 cm³/mol. The van der Waals surface area contributed by atoms with E-state index in [0.717, 1.165) is 15.4 Å². The van der Waals surface area contributed by atoms with Gasteiger partial charge in [-0.25, -0.2) is 12.8 Å². The predicted octanol–water partition coefficient (Wildman–Crippen LogP) is 3.80. The van der Waals surface area contributed by atoms with Crippen LogP contribution in [0.15, 0.2) is 47.0 Å². The minimum atomic E-state index is -3.84. The third kappa shape index (κ3) is 4.35. The fourth-order valence-corrected chi connectivity index (χ4v) is 4.00. The average molecular weight is 410 g/mol. The van der Waals surface area contributed by atoms with Gasteiger partial charge in [-0.3, -0.25) is 0 Å². The Hall–Kier alpha value is -2.29. The van der Waals surface area contributed by atoms with Crippen molar-refractivity contribution in [2.75, 3.05) is 7.05 Å². The highest BCUT2D eigenvalue weighted by Crippen LogP contribution is 2.24. The molecule has 0 fully saturated rings. The summed E-state index contributed by atoms with van der Waals surface area (Å²) in [6, 6.07) is 11.6. The molecule has 2 aromatic carbocycles. The lowest BCUT2D eigenvalue weighted by Crippen LogP contribution is -2.28. The molecular weight excluding hydrogens is 393 g/mol. The Labute approximate surface area is 161 Å². The summed E-state index contributed by atoms with van der Waals surface area (Å²) in [7, 11) is -2.48. The van der Waals surface area contributed by atoms with Crippen LogP contribution in [0.25, 0.3) is 11.4 Å². The molecule has 0 atom stereocenters. The lowest BCUT2D eigenvalue weighted by molar-refractivity contribution is 0.336. The lowest BCUT2D eigenvalue weighted by Gasteiger charge is -2.16. The van der Waals surface area contributed by atoms with Crippen LogP contribution in [0.5, 0.6) is 0 Å². The van der Waals surface area contributed by atoms with Gasteiger partial charge in [0.15, 0.2) is 0 Å². The van der Waals surface area contributed by atoms with Gasteiger partial charge in [0.2, 0.25) is 21.7 Å². The Kier molecular flexibility index (Phi) is 5.59. The van der Waals surface area contributed by atoms with Crippen molar-refractivity contribution in [2.45, 2.75) is 19.2 Å². The molecule has 0 bridgehead atoms. The van der Waals surface area contributed by atoms with Crippen LogP contribution < -0.4 is 0 Å². The Morgan fingerprint density at radius 3 is 2.63 bits per heavy atom. The zero-order valence-corrected chi connectivity index (χ0v) is 16.3. The summed E-state index contributed by atoms with van der Waals surface area (Å²) in [5.74, 6) is -0.711. The summed E-state index contributed by atoms with van der Waals surface area (Å²) in [5.41, 5.74) is 1.70. The molecule has 0 N–H and O–H groups in total. The number of benzene rings is 2. The molecule has 0 amide bonds. The quantitative estimate of drug-likeness (QED) is 0.619. The number of rotatable bonds is 6. The van der Waals surface area contributed by atoms with E-state index in [9.17, 15) is 12.8 Å². The minimum absolute atomic E-state index is 0.0617. The highest BCUT2D eigenvalue weighted by atomic mass is 35.5. The van der Waals surface area contributed by atoms with Crippen molar-refractivity contribution in [2.24, 2.45) is 0 Å². The van der Waals surface area contributed by atoms with E-state index in [4.69, 9.17) is 16.1 Å². The molecule has 0 radical (unpaired) electrons. The molecule has 3 aromatic rings. The third-order valence-corrected chi connectivity index (χ3v) is 6.16. The largest absolute Gasteiger partial charge is 0.338 e. The summed E-state index contributed by atoms with van der Waals surface area (Å²) in [4.78, 5) is 4.25. The second kappa shape index (κ2) is 7.75. The Balaban J connectivity index is 1.77. The van der Waals surface area contributed by atoms with Gasteiger partial charge >= 0.3 is 0 Å². The maximum atomic E-state index is 13.9. The average Bonchev–Trinajstić information content (AvgIpc) is 3.07. The molecule has 1 heterocycles. The fourth-order valence-electron chi connectivity index (χ4n) is 2.50. The molecule has 27 heavy (non-hydrogen) atoms. The summed E-state index contributed by atoms with van der Waals surface area (Å²) in [6.45, 7) is 1.79. The van der Waals surface area contributed by atoms with Crippen molar-refractivity contribution >= 4 is 21.6 Å². The van der Waals surface area contributed by atoms with Crippen LogP contribution in [0.1, 0.15) is 17.0 Å². The molecule has 3 rings (SSSR count). The molecule has 142 valence electrons. The molecule has 0 unspecified atom stereocenters. The second-order valence-electron chi connectivity index (χ2n) is 6.04. The SMILES string of the molecule is Cc1ccccc1-c1noc(CN(C)S(=O)(=O)Cc2c(F)cccc2Cl)n1. The van der Waals surface area contributed by atoms with Gasteiger partial charge in [-0.15, -0.1) is 0 Å². The molecule has 6 nitrogen and oxygen atoms in total. The minimum Gasteiger partial charge on any atom is -0.338 e. The topological polar surface area (TPSA) is 76.3 Å². The number of nitrogens with zero attached hydrogens (tertiary/aromatic N) is 3. The van der Waals surface area contributed by atoms with Crippen LogP contribution in [0.2, 0.25) is 5.02 Å². The summed E-state index contributed by atoms with van der Waals surface area (Å²) in [6.07, 6.45) is 0. The van der Waals surface area contributed by atoms with E-state index in [-0.39, 0.29) is 23.0 Å². The third-order valence-electron chi connectivity index (χ3n) is 4.08. The van der Waals surface area contributed by atoms with Gasteiger partial charge in [-0.2, -0.15) is 9.29 Å². The van der Waals surface area contributed by atoms with E-state index in [1.165, 1.54) is 25.2 Å². The first-order valence-electron chi connectivity index (χ1n) is 8.03. The second-order valence-corrected chi connectivity index (χ2v) is 8.52. The number of aromatic nitrogens is 2. The first kappa shape index (κ1) is 19.5. The summed E-state index contributed by atoms with van der Waals surface area (Å²) < 4.78 is 45.2. The highest BCUT2D eigenvalue weighted by molar-refractivity contribution is 7.88. The summed E-state index contributed by atoms with van der Waals surface area (Å²) in [5, 5.41) is 3.97. The zero-order valence-electron chi connectivity index (χ0n) is 14.7. The smallest absolute Gasteiger partial charge is 0.242 e. The van der Waals surface area contributed by atoms with E-state index < -0.39 is 21.6 Å². The fraction of sp³-hybridized carbons (Fsp3) is 0.222. The Morgan fingerprint density at radius 2 is 1.93 bits per heavy atom. The molecule has 1 aromatic heterocycles. The lowest BCUT2D eigenvalue weighted by atomic mass is 10.1. The van der Waals surface area contributed by atoms with Crippen molar-refractivity contribution in [3.05, 3.63) is 70.3 Å². The van der Waals surface area contributed by atoms with Gasteiger partial charge in [0, 0.05) is 23.2 Å². The number of hydrogen-bond donors (Lipinski definition) is 0. The van der Waals surface area contributed by atoms with Gasteiger partial charge < -0.3 is 4.52 Å². The van der Waals surface area contributed by atoms with Crippen LogP contribution in [0.3, 0.4) is 0 Å². The molecule has 0 aliphatic heterocycles. The van der Waals surface area contributed by atoms with Crippen molar-refractivity contribution in [3.8, 4) is 11.4 Å². The van der Waals surface area contributed by atoms with Crippen LogP contribution in [-0.4, -0.2) is 29.9 Å². The number of sulfonamides is 1. The zero-order chi connectivity index (χ0) is 19.6. The van der Waals surface area contributed by atoms with Crippen molar-refractivity contribution in [1.29, 1.82) is 0 Å². The van der Waals surface area contributed by atoms with E-state index in [1.54, 1.807) is 0 Å². The molecule has 0 saturated carbocycles. The first-order chi connectivity index (χ1) is 12.8. The molecular formula is C18H17ClFN3O3S. The molecule has 0 spiro atoms. The Morgan fingerprint density at radius 1 is 1.19 bits per heavy atom. The molecule has 0 aliphatic rings. The maximum Gasteiger partial charge on any atom is 0.242 e. The number of halogens is 2. The van der Waals surface area contributed by atoms with E-state index >= 15 is 0 Å². The van der Waals surface area contributed by atoms with Crippen LogP contribution in [-0.2, 0) is 22.3 Å². The standard InChI is InChI=1S/C18H17ClFN3O3S/c1-12-6-3-4-7-13(12)18-21-17(26-22-18)10-23(2)27(24,25)11-14-15(19)8-5-9-16(14)20/h3-9H,10-11H2,1-2H3. The maximum absolute atomic E-state index is 13.9. The van der Waals surface area contributed by atoms with Crippen LogP contribution in [0.4, 0.5) is 4.39 Å². The van der Waals surface area contributed by atoms with Crippen LogP contribution in [0, 0.1) is 12.7 Å². The summed E-state index contributed by atoms with van der Waals surface area (Å²) >= 11 is 5.92. The van der Waals surface area contributed by atoms with E-state index in [0.29, 0.717) is 5.82 Å². The van der Waals surface area contributed by atoms with Gasteiger partial charge in [0.25, 0.3) is 0 Å². The van der Waals surface area contributed by atoms with Crippen molar-refractivity contribution < 1.29 is 17.3 Å². The molecule has 0 saturated heterocycles. The van der Waals surface area contributed by atoms with E-state index in [1.807, 2.05) is 31.2 Å². The van der Waals surface area contributed by atoms with Crippen LogP contribution >= 0.6 is 11.6 Å². The monoisotopic (exact) mass is 409 g/mol. The highest BCUT2D eigenvalue weighted by Gasteiger charge is 2.24. The number of aryl methyl sites for hydroxylation is 1. The van der Waals surface area contributed by atoms with Crippen molar-refractivity contribution in [3.63, 3.8) is 0 Å². The van der Waals surface area contributed by atoms with Gasteiger partial charge in [0.1, 0.15) is 5.82 Å². The van der Waals surface area contributed by atoms with E-state index in [2.05, 4.69) is 10.1 Å². The molecule has 9 heteroatoms. The normalized spacial score (nSPS) is 11.9.